The smallest absolute Gasteiger partial charge is 0.341 e. The predicted octanol–water partition coefficient (Wildman–Crippen LogP) is 3.04. The number of rotatable bonds is 8. The number of carboxylic acids is 1. The molecule has 1 aromatic heterocycles. The lowest BCUT2D eigenvalue weighted by Gasteiger charge is -2.26. The lowest BCUT2D eigenvalue weighted by atomic mass is 10.0. The SMILES string of the molecule is CC(OC1CCCCO1)c1c(CCO)oc2c(OCC(=O)O)cccc12. The molecule has 0 radical (unpaired) electrons. The number of carboxylic acid groups (broad SMARTS) is 1. The molecule has 26 heavy (non-hydrogen) atoms. The Hall–Kier alpha value is -2.09. The van der Waals surface area contributed by atoms with Crippen molar-refractivity contribution >= 4 is 16.9 Å². The number of para-hydroxylation sites is 1. The number of furan rings is 1. The van der Waals surface area contributed by atoms with Crippen LogP contribution in [0.2, 0.25) is 0 Å². The molecule has 7 heteroatoms. The highest BCUT2D eigenvalue weighted by Crippen LogP contribution is 2.38. The number of benzene rings is 1. The monoisotopic (exact) mass is 364 g/mol. The lowest BCUT2D eigenvalue weighted by molar-refractivity contribution is -0.186. The maximum absolute atomic E-state index is 10.8. The van der Waals surface area contributed by atoms with Crippen molar-refractivity contribution in [3.8, 4) is 5.75 Å². The van der Waals surface area contributed by atoms with Crippen LogP contribution in [-0.4, -0.2) is 42.3 Å². The van der Waals surface area contributed by atoms with Gasteiger partial charge in [-0.1, -0.05) is 12.1 Å². The molecule has 2 heterocycles. The van der Waals surface area contributed by atoms with Crippen molar-refractivity contribution in [1.82, 2.24) is 0 Å². The normalized spacial score (nSPS) is 18.8. The number of hydrogen-bond acceptors (Lipinski definition) is 6. The van der Waals surface area contributed by atoms with Crippen LogP contribution in [-0.2, 0) is 20.7 Å². The maximum atomic E-state index is 10.8. The van der Waals surface area contributed by atoms with Crippen molar-refractivity contribution in [3.63, 3.8) is 0 Å². The minimum absolute atomic E-state index is 0.0647. The first-order chi connectivity index (χ1) is 12.6. The second kappa shape index (κ2) is 8.53. The van der Waals surface area contributed by atoms with Crippen molar-refractivity contribution in [3.05, 3.63) is 29.5 Å². The van der Waals surface area contributed by atoms with Gasteiger partial charge in [-0.05, 0) is 32.3 Å². The van der Waals surface area contributed by atoms with E-state index in [-0.39, 0.29) is 19.0 Å². The molecule has 7 nitrogen and oxygen atoms in total. The van der Waals surface area contributed by atoms with Crippen LogP contribution < -0.4 is 4.74 Å². The summed E-state index contributed by atoms with van der Waals surface area (Å²) < 4.78 is 23.0. The van der Waals surface area contributed by atoms with Gasteiger partial charge in [-0.2, -0.15) is 0 Å². The highest BCUT2D eigenvalue weighted by Gasteiger charge is 2.25. The molecule has 142 valence electrons. The Morgan fingerprint density at radius 1 is 1.38 bits per heavy atom. The van der Waals surface area contributed by atoms with E-state index in [2.05, 4.69) is 0 Å². The Kier molecular flexibility index (Phi) is 6.13. The van der Waals surface area contributed by atoms with E-state index in [1.54, 1.807) is 12.1 Å². The molecule has 1 aliphatic heterocycles. The Bertz CT molecular complexity index is 746. The summed E-state index contributed by atoms with van der Waals surface area (Å²) in [6, 6.07) is 5.33. The van der Waals surface area contributed by atoms with Gasteiger partial charge in [0.05, 0.1) is 12.7 Å². The van der Waals surface area contributed by atoms with Crippen molar-refractivity contribution in [1.29, 1.82) is 0 Å². The fourth-order valence-corrected chi connectivity index (χ4v) is 3.26. The van der Waals surface area contributed by atoms with E-state index >= 15 is 0 Å². The third-order valence-electron chi connectivity index (χ3n) is 4.39. The number of fused-ring (bicyclic) bond motifs is 1. The van der Waals surface area contributed by atoms with E-state index in [0.717, 1.165) is 30.2 Å². The van der Waals surface area contributed by atoms with E-state index in [1.165, 1.54) is 0 Å². The van der Waals surface area contributed by atoms with Crippen LogP contribution in [0.4, 0.5) is 0 Å². The minimum atomic E-state index is -1.06. The minimum Gasteiger partial charge on any atom is -0.479 e. The standard InChI is InChI=1S/C19H24O7/c1-12(25-17-7-2-3-10-23-17)18-13-5-4-6-15(24-11-16(21)22)19(13)26-14(18)8-9-20/h4-6,12,17,20H,2-3,7-11H2,1H3,(H,21,22). The highest BCUT2D eigenvalue weighted by atomic mass is 16.7. The summed E-state index contributed by atoms with van der Waals surface area (Å²) in [5.41, 5.74) is 1.30. The van der Waals surface area contributed by atoms with Gasteiger partial charge in [-0.3, -0.25) is 0 Å². The third-order valence-corrected chi connectivity index (χ3v) is 4.39. The second-order valence-corrected chi connectivity index (χ2v) is 6.30. The molecule has 1 saturated heterocycles. The Morgan fingerprint density at radius 2 is 2.23 bits per heavy atom. The van der Waals surface area contributed by atoms with Gasteiger partial charge in [0, 0.05) is 24.0 Å². The number of ether oxygens (including phenoxy) is 3. The lowest BCUT2D eigenvalue weighted by Crippen LogP contribution is -2.23. The highest BCUT2D eigenvalue weighted by molar-refractivity contribution is 5.88. The molecular formula is C19H24O7. The first kappa shape index (κ1) is 18.7. The summed E-state index contributed by atoms with van der Waals surface area (Å²) in [6.45, 7) is 2.10. The Morgan fingerprint density at radius 3 is 2.92 bits per heavy atom. The average molecular weight is 364 g/mol. The number of aliphatic hydroxyl groups is 1. The van der Waals surface area contributed by atoms with Crippen LogP contribution in [0.25, 0.3) is 11.0 Å². The first-order valence-corrected chi connectivity index (χ1v) is 8.87. The number of carbonyl (C=O) groups is 1. The molecule has 2 aromatic rings. The Labute approximate surface area is 151 Å². The van der Waals surface area contributed by atoms with Gasteiger partial charge in [0.2, 0.25) is 0 Å². The van der Waals surface area contributed by atoms with Crippen molar-refractivity contribution in [2.75, 3.05) is 19.8 Å². The molecule has 2 unspecified atom stereocenters. The van der Waals surface area contributed by atoms with E-state index < -0.39 is 12.6 Å². The van der Waals surface area contributed by atoms with Crippen LogP contribution in [0, 0.1) is 0 Å². The van der Waals surface area contributed by atoms with Crippen LogP contribution in [0.3, 0.4) is 0 Å². The third kappa shape index (κ3) is 4.17. The van der Waals surface area contributed by atoms with Crippen molar-refractivity contribution in [2.45, 2.75) is 45.0 Å². The molecule has 0 bridgehead atoms. The summed E-state index contributed by atoms with van der Waals surface area (Å²) in [5, 5.41) is 19.0. The summed E-state index contributed by atoms with van der Waals surface area (Å²) in [5.74, 6) is -0.0934. The molecule has 1 fully saturated rings. The summed E-state index contributed by atoms with van der Waals surface area (Å²) in [6.07, 6.45) is 2.75. The largest absolute Gasteiger partial charge is 0.479 e. The van der Waals surface area contributed by atoms with E-state index in [4.69, 9.17) is 23.7 Å². The van der Waals surface area contributed by atoms with E-state index in [0.29, 0.717) is 30.1 Å². The molecule has 3 rings (SSSR count). The van der Waals surface area contributed by atoms with Crippen LogP contribution in [0.15, 0.2) is 22.6 Å². The van der Waals surface area contributed by atoms with Gasteiger partial charge in [-0.25, -0.2) is 4.79 Å². The average Bonchev–Trinajstić information content (AvgIpc) is 2.99. The summed E-state index contributed by atoms with van der Waals surface area (Å²) >= 11 is 0. The molecule has 1 aromatic carbocycles. The molecule has 0 spiro atoms. The molecule has 0 amide bonds. The predicted molar refractivity (Wildman–Crippen MR) is 93.2 cm³/mol. The van der Waals surface area contributed by atoms with E-state index in [1.807, 2.05) is 13.0 Å². The first-order valence-electron chi connectivity index (χ1n) is 8.87. The molecule has 2 N–H and O–H groups in total. The number of aliphatic carboxylic acids is 1. The number of hydrogen-bond donors (Lipinski definition) is 2. The Balaban J connectivity index is 1.92. The fraction of sp³-hybridized carbons (Fsp3) is 0.526. The zero-order valence-electron chi connectivity index (χ0n) is 14.8. The summed E-state index contributed by atoms with van der Waals surface area (Å²) in [4.78, 5) is 10.8. The maximum Gasteiger partial charge on any atom is 0.341 e. The zero-order valence-corrected chi connectivity index (χ0v) is 14.8. The van der Waals surface area contributed by atoms with Gasteiger partial charge in [-0.15, -0.1) is 0 Å². The van der Waals surface area contributed by atoms with Gasteiger partial charge < -0.3 is 28.8 Å². The molecular weight excluding hydrogens is 340 g/mol. The van der Waals surface area contributed by atoms with Gasteiger partial charge in [0.1, 0.15) is 5.76 Å². The van der Waals surface area contributed by atoms with Crippen LogP contribution in [0.1, 0.15) is 43.6 Å². The number of aliphatic hydroxyl groups excluding tert-OH is 1. The summed E-state index contributed by atoms with van der Waals surface area (Å²) in [7, 11) is 0. The van der Waals surface area contributed by atoms with Crippen LogP contribution >= 0.6 is 0 Å². The topological polar surface area (TPSA) is 98.4 Å². The van der Waals surface area contributed by atoms with Crippen LogP contribution in [0.5, 0.6) is 5.75 Å². The molecule has 0 saturated carbocycles. The van der Waals surface area contributed by atoms with Gasteiger partial charge in [0.15, 0.2) is 24.2 Å². The quantitative estimate of drug-likeness (QED) is 0.743. The fourth-order valence-electron chi connectivity index (χ4n) is 3.26. The molecule has 2 atom stereocenters. The second-order valence-electron chi connectivity index (χ2n) is 6.30. The zero-order chi connectivity index (χ0) is 18.5. The molecule has 0 aliphatic carbocycles. The van der Waals surface area contributed by atoms with Crippen molar-refractivity contribution in [2.24, 2.45) is 0 Å². The van der Waals surface area contributed by atoms with Gasteiger partial charge in [0.25, 0.3) is 0 Å². The van der Waals surface area contributed by atoms with Crippen molar-refractivity contribution < 1.29 is 33.6 Å². The molecule has 1 aliphatic rings. The van der Waals surface area contributed by atoms with Gasteiger partial charge >= 0.3 is 5.97 Å². The van der Waals surface area contributed by atoms with E-state index in [9.17, 15) is 9.90 Å².